The fraction of sp³-hybridized carbons (Fsp3) is 0.571. The van der Waals surface area contributed by atoms with Crippen molar-refractivity contribution in [3.8, 4) is 0 Å². The summed E-state index contributed by atoms with van der Waals surface area (Å²) in [5, 5.41) is 3.58. The molecule has 0 saturated carbocycles. The molecule has 1 heteroatoms. The first kappa shape index (κ1) is 12.3. The molecular formula is C14H23N. The summed E-state index contributed by atoms with van der Waals surface area (Å²) in [4.78, 5) is 0. The quantitative estimate of drug-likeness (QED) is 0.774. The molecule has 0 aliphatic carbocycles. The van der Waals surface area contributed by atoms with Gasteiger partial charge in [-0.25, -0.2) is 0 Å². The van der Waals surface area contributed by atoms with Gasteiger partial charge in [0.25, 0.3) is 0 Å². The van der Waals surface area contributed by atoms with Gasteiger partial charge in [-0.3, -0.25) is 0 Å². The molecule has 0 aliphatic heterocycles. The maximum Gasteiger partial charge on any atom is 0.0348 e. The molecule has 0 fully saturated rings. The molecule has 1 aromatic carbocycles. The summed E-state index contributed by atoms with van der Waals surface area (Å²) in [5.41, 5.74) is 1.40. The van der Waals surface area contributed by atoms with Crippen LogP contribution in [0.1, 0.15) is 39.3 Å². The molecule has 1 N–H and O–H groups in total. The molecule has 1 rings (SSSR count). The first-order valence-electron chi connectivity index (χ1n) is 5.95. The molecule has 1 aromatic rings. The van der Waals surface area contributed by atoms with Crippen molar-refractivity contribution in [2.75, 3.05) is 6.54 Å². The highest BCUT2D eigenvalue weighted by Gasteiger charge is 2.20. The molecule has 1 nitrogen and oxygen atoms in total. The van der Waals surface area contributed by atoms with Gasteiger partial charge in [-0.1, -0.05) is 58.0 Å². The smallest absolute Gasteiger partial charge is 0.0348 e. The third-order valence-electron chi connectivity index (χ3n) is 3.16. The summed E-state index contributed by atoms with van der Waals surface area (Å²) in [6.45, 7) is 10.1. The van der Waals surface area contributed by atoms with E-state index in [4.69, 9.17) is 0 Å². The highest BCUT2D eigenvalue weighted by Crippen LogP contribution is 2.27. The van der Waals surface area contributed by atoms with E-state index in [1.165, 1.54) is 5.56 Å². The van der Waals surface area contributed by atoms with Crippen LogP contribution in [0.25, 0.3) is 0 Å². The summed E-state index contributed by atoms with van der Waals surface area (Å²) in [5.74, 6) is 1.36. The number of hydrogen-bond acceptors (Lipinski definition) is 1. The molecule has 2 unspecified atom stereocenters. The minimum absolute atomic E-state index is 0.483. The largest absolute Gasteiger partial charge is 0.310 e. The lowest BCUT2D eigenvalue weighted by molar-refractivity contribution is 0.307. The molecule has 0 spiro atoms. The van der Waals surface area contributed by atoms with Gasteiger partial charge in [-0.15, -0.1) is 0 Å². The Morgan fingerprint density at radius 3 is 2.13 bits per heavy atom. The van der Waals surface area contributed by atoms with Crippen molar-refractivity contribution in [1.29, 1.82) is 0 Å². The van der Waals surface area contributed by atoms with Gasteiger partial charge in [0.2, 0.25) is 0 Å². The van der Waals surface area contributed by atoms with Gasteiger partial charge in [-0.05, 0) is 23.9 Å². The number of benzene rings is 1. The van der Waals surface area contributed by atoms with Gasteiger partial charge >= 0.3 is 0 Å². The first-order chi connectivity index (χ1) is 7.16. The fourth-order valence-electron chi connectivity index (χ4n) is 1.87. The molecular weight excluding hydrogens is 182 g/mol. The van der Waals surface area contributed by atoms with E-state index in [1.807, 2.05) is 0 Å². The molecule has 0 saturated heterocycles. The van der Waals surface area contributed by atoms with Gasteiger partial charge in [-0.2, -0.15) is 0 Å². The Hall–Kier alpha value is -0.820. The SMILES string of the molecule is CCNC(c1ccccc1)C(C)C(C)C. The highest BCUT2D eigenvalue weighted by molar-refractivity contribution is 5.19. The van der Waals surface area contributed by atoms with Crippen LogP contribution in [0.4, 0.5) is 0 Å². The maximum atomic E-state index is 3.58. The van der Waals surface area contributed by atoms with Crippen molar-refractivity contribution in [1.82, 2.24) is 5.32 Å². The average Bonchev–Trinajstić information content (AvgIpc) is 2.26. The van der Waals surface area contributed by atoms with Crippen LogP contribution in [0.15, 0.2) is 30.3 Å². The van der Waals surface area contributed by atoms with E-state index < -0.39 is 0 Å². The molecule has 0 aromatic heterocycles. The Morgan fingerprint density at radius 2 is 1.67 bits per heavy atom. The zero-order valence-corrected chi connectivity index (χ0v) is 10.3. The summed E-state index contributed by atoms with van der Waals surface area (Å²) >= 11 is 0. The lowest BCUT2D eigenvalue weighted by Gasteiger charge is -2.28. The molecule has 2 atom stereocenters. The third-order valence-corrected chi connectivity index (χ3v) is 3.16. The lowest BCUT2D eigenvalue weighted by atomic mass is 9.86. The first-order valence-corrected chi connectivity index (χ1v) is 5.95. The van der Waals surface area contributed by atoms with E-state index in [-0.39, 0.29) is 0 Å². The number of nitrogens with one attached hydrogen (secondary N) is 1. The van der Waals surface area contributed by atoms with Crippen molar-refractivity contribution in [3.63, 3.8) is 0 Å². The molecule has 0 heterocycles. The topological polar surface area (TPSA) is 12.0 Å². The van der Waals surface area contributed by atoms with Crippen LogP contribution in [-0.2, 0) is 0 Å². The van der Waals surface area contributed by atoms with Gasteiger partial charge < -0.3 is 5.32 Å². The predicted molar refractivity (Wildman–Crippen MR) is 66.9 cm³/mol. The second-order valence-electron chi connectivity index (χ2n) is 4.55. The van der Waals surface area contributed by atoms with Crippen LogP contribution in [0.3, 0.4) is 0 Å². The van der Waals surface area contributed by atoms with Crippen molar-refractivity contribution >= 4 is 0 Å². The monoisotopic (exact) mass is 205 g/mol. The van der Waals surface area contributed by atoms with Crippen LogP contribution < -0.4 is 5.32 Å². The molecule has 84 valence electrons. The Labute approximate surface area is 93.9 Å². The van der Waals surface area contributed by atoms with E-state index in [0.717, 1.165) is 6.54 Å². The van der Waals surface area contributed by atoms with Crippen molar-refractivity contribution in [3.05, 3.63) is 35.9 Å². The number of hydrogen-bond donors (Lipinski definition) is 1. The van der Waals surface area contributed by atoms with Gasteiger partial charge in [0, 0.05) is 6.04 Å². The summed E-state index contributed by atoms with van der Waals surface area (Å²) in [7, 11) is 0. The van der Waals surface area contributed by atoms with Gasteiger partial charge in [0.15, 0.2) is 0 Å². The van der Waals surface area contributed by atoms with Crippen LogP contribution in [0, 0.1) is 11.8 Å². The van der Waals surface area contributed by atoms with Crippen LogP contribution >= 0.6 is 0 Å². The van der Waals surface area contributed by atoms with Crippen LogP contribution in [0.5, 0.6) is 0 Å². The van der Waals surface area contributed by atoms with E-state index in [9.17, 15) is 0 Å². The lowest BCUT2D eigenvalue weighted by Crippen LogP contribution is -2.29. The fourth-order valence-corrected chi connectivity index (χ4v) is 1.87. The van der Waals surface area contributed by atoms with Crippen LogP contribution in [0.2, 0.25) is 0 Å². The average molecular weight is 205 g/mol. The van der Waals surface area contributed by atoms with Gasteiger partial charge in [0.1, 0.15) is 0 Å². The Morgan fingerprint density at radius 1 is 1.07 bits per heavy atom. The predicted octanol–water partition coefficient (Wildman–Crippen LogP) is 3.63. The molecule has 15 heavy (non-hydrogen) atoms. The molecule has 0 amide bonds. The number of rotatable bonds is 5. The second-order valence-corrected chi connectivity index (χ2v) is 4.55. The van der Waals surface area contributed by atoms with E-state index in [0.29, 0.717) is 17.9 Å². The zero-order valence-electron chi connectivity index (χ0n) is 10.3. The molecule has 0 radical (unpaired) electrons. The Kier molecular flexibility index (Phi) is 4.83. The Balaban J connectivity index is 2.83. The minimum Gasteiger partial charge on any atom is -0.310 e. The standard InChI is InChI=1S/C14H23N/c1-5-15-14(12(4)11(2)3)13-9-7-6-8-10-13/h6-12,14-15H,5H2,1-4H3. The van der Waals surface area contributed by atoms with Crippen molar-refractivity contribution in [2.24, 2.45) is 11.8 Å². The third kappa shape index (κ3) is 3.35. The minimum atomic E-state index is 0.483. The van der Waals surface area contributed by atoms with Crippen molar-refractivity contribution < 1.29 is 0 Å². The van der Waals surface area contributed by atoms with Crippen molar-refractivity contribution in [2.45, 2.75) is 33.7 Å². The molecule has 0 bridgehead atoms. The Bertz CT molecular complexity index is 266. The normalized spacial score (nSPS) is 15.3. The van der Waals surface area contributed by atoms with E-state index >= 15 is 0 Å². The summed E-state index contributed by atoms with van der Waals surface area (Å²) < 4.78 is 0. The van der Waals surface area contributed by atoms with Crippen LogP contribution in [-0.4, -0.2) is 6.54 Å². The maximum absolute atomic E-state index is 3.58. The van der Waals surface area contributed by atoms with E-state index in [1.54, 1.807) is 0 Å². The summed E-state index contributed by atoms with van der Waals surface area (Å²) in [6, 6.07) is 11.2. The second kappa shape index (κ2) is 5.92. The molecule has 0 aliphatic rings. The van der Waals surface area contributed by atoms with E-state index in [2.05, 4.69) is 63.3 Å². The zero-order chi connectivity index (χ0) is 11.3. The summed E-state index contributed by atoms with van der Waals surface area (Å²) in [6.07, 6.45) is 0. The van der Waals surface area contributed by atoms with Gasteiger partial charge in [0.05, 0.1) is 0 Å². The highest BCUT2D eigenvalue weighted by atomic mass is 14.9.